The fourth-order valence-electron chi connectivity index (χ4n) is 2.84. The number of rotatable bonds is 8. The summed E-state index contributed by atoms with van der Waals surface area (Å²) in [4.78, 5) is 35.3. The topological polar surface area (TPSA) is 118 Å². The van der Waals surface area contributed by atoms with Crippen LogP contribution >= 0.6 is 0 Å². The van der Waals surface area contributed by atoms with Crippen LogP contribution in [0.1, 0.15) is 18.4 Å². The van der Waals surface area contributed by atoms with Gasteiger partial charge in [0.25, 0.3) is 5.91 Å². The summed E-state index contributed by atoms with van der Waals surface area (Å²) in [6.45, 7) is 0.741. The number of hydrogen-bond acceptors (Lipinski definition) is 6. The smallest absolute Gasteiger partial charge is 0.329 e. The van der Waals surface area contributed by atoms with Gasteiger partial charge < -0.3 is 20.1 Å². The second-order valence-corrected chi connectivity index (χ2v) is 6.96. The number of ether oxygens (including phenoxy) is 2. The minimum Gasteiger partial charge on any atom is -0.484 e. The van der Waals surface area contributed by atoms with E-state index in [0.717, 1.165) is 12.8 Å². The van der Waals surface area contributed by atoms with Crippen LogP contribution in [0.5, 0.6) is 5.75 Å². The van der Waals surface area contributed by atoms with Gasteiger partial charge >= 0.3 is 11.8 Å². The van der Waals surface area contributed by atoms with Gasteiger partial charge in [0.2, 0.25) is 0 Å². The summed E-state index contributed by atoms with van der Waals surface area (Å²) < 4.78 is 23.6. The predicted octanol–water partition coefficient (Wildman–Crippen LogP) is 1.59. The van der Waals surface area contributed by atoms with E-state index in [0.29, 0.717) is 30.2 Å². The Kier molecular flexibility index (Phi) is 8.27. The van der Waals surface area contributed by atoms with Crippen molar-refractivity contribution in [2.24, 2.45) is 5.10 Å². The molecule has 1 atom stereocenters. The molecule has 1 aliphatic heterocycles. The van der Waals surface area contributed by atoms with Crippen molar-refractivity contribution in [3.8, 4) is 5.75 Å². The van der Waals surface area contributed by atoms with E-state index in [1.165, 1.54) is 30.5 Å². The zero-order chi connectivity index (χ0) is 22.8. The second-order valence-electron chi connectivity index (χ2n) is 6.96. The van der Waals surface area contributed by atoms with Crippen LogP contribution in [0.15, 0.2) is 53.6 Å². The molecule has 168 valence electrons. The van der Waals surface area contributed by atoms with Crippen LogP contribution in [0.3, 0.4) is 0 Å². The van der Waals surface area contributed by atoms with E-state index >= 15 is 0 Å². The van der Waals surface area contributed by atoms with Gasteiger partial charge in [-0.25, -0.2) is 9.82 Å². The molecule has 3 rings (SSSR count). The number of anilines is 1. The summed E-state index contributed by atoms with van der Waals surface area (Å²) in [5.74, 6) is -1.97. The first-order valence-corrected chi connectivity index (χ1v) is 10.0. The van der Waals surface area contributed by atoms with E-state index in [2.05, 4.69) is 21.2 Å². The van der Waals surface area contributed by atoms with E-state index in [-0.39, 0.29) is 24.4 Å². The van der Waals surface area contributed by atoms with Crippen LogP contribution in [-0.2, 0) is 19.1 Å². The van der Waals surface area contributed by atoms with Gasteiger partial charge in [0.05, 0.1) is 12.3 Å². The van der Waals surface area contributed by atoms with Gasteiger partial charge in [-0.05, 0) is 66.9 Å². The molecule has 0 aliphatic carbocycles. The Balaban J connectivity index is 1.37. The van der Waals surface area contributed by atoms with Gasteiger partial charge in [0.1, 0.15) is 11.6 Å². The van der Waals surface area contributed by atoms with Crippen molar-refractivity contribution in [3.05, 3.63) is 59.9 Å². The van der Waals surface area contributed by atoms with Crippen LogP contribution in [-0.4, -0.2) is 49.8 Å². The van der Waals surface area contributed by atoms with E-state index in [4.69, 9.17) is 9.47 Å². The SMILES string of the molecule is O=C(COc1ccc(/C=N\NC(=O)C(=O)NC[C@H]2CCCO2)cc1)Nc1ccc(F)cc1. The summed E-state index contributed by atoms with van der Waals surface area (Å²) in [5.41, 5.74) is 3.27. The van der Waals surface area contributed by atoms with Crippen molar-refractivity contribution in [2.45, 2.75) is 18.9 Å². The third-order valence-electron chi connectivity index (χ3n) is 4.48. The number of benzene rings is 2. The summed E-state index contributed by atoms with van der Waals surface area (Å²) >= 11 is 0. The molecule has 0 radical (unpaired) electrons. The Morgan fingerprint density at radius 3 is 2.53 bits per heavy atom. The molecule has 1 heterocycles. The molecule has 3 amide bonds. The molecule has 0 saturated carbocycles. The zero-order valence-electron chi connectivity index (χ0n) is 17.2. The molecule has 0 aromatic heterocycles. The first kappa shape index (κ1) is 22.9. The molecule has 2 aromatic rings. The van der Waals surface area contributed by atoms with Gasteiger partial charge in [0, 0.05) is 18.8 Å². The average molecular weight is 442 g/mol. The Hall–Kier alpha value is -3.79. The lowest BCUT2D eigenvalue weighted by Crippen LogP contribution is -2.41. The van der Waals surface area contributed by atoms with Gasteiger partial charge in [0.15, 0.2) is 6.61 Å². The van der Waals surface area contributed by atoms with Crippen molar-refractivity contribution in [2.75, 3.05) is 25.1 Å². The maximum absolute atomic E-state index is 12.9. The average Bonchev–Trinajstić information content (AvgIpc) is 3.32. The third-order valence-corrected chi connectivity index (χ3v) is 4.48. The van der Waals surface area contributed by atoms with Gasteiger partial charge in [-0.1, -0.05) is 0 Å². The van der Waals surface area contributed by atoms with Crippen LogP contribution in [0.25, 0.3) is 0 Å². The number of nitrogens with zero attached hydrogens (tertiary/aromatic N) is 1. The summed E-state index contributed by atoms with van der Waals surface area (Å²) in [7, 11) is 0. The van der Waals surface area contributed by atoms with Crippen LogP contribution in [0.2, 0.25) is 0 Å². The lowest BCUT2D eigenvalue weighted by Gasteiger charge is -2.09. The molecule has 0 unspecified atom stereocenters. The molecule has 0 bridgehead atoms. The number of carbonyl (C=O) groups excluding carboxylic acids is 3. The molecule has 9 nitrogen and oxygen atoms in total. The Labute approximate surface area is 184 Å². The molecule has 1 aliphatic rings. The van der Waals surface area contributed by atoms with Crippen LogP contribution in [0.4, 0.5) is 10.1 Å². The number of hydrogen-bond donors (Lipinski definition) is 3. The largest absolute Gasteiger partial charge is 0.484 e. The minimum absolute atomic E-state index is 0.0510. The lowest BCUT2D eigenvalue weighted by atomic mass is 10.2. The normalized spacial score (nSPS) is 15.3. The van der Waals surface area contributed by atoms with E-state index in [1.54, 1.807) is 24.3 Å². The number of hydrazone groups is 1. The Bertz CT molecular complexity index is 957. The fourth-order valence-corrected chi connectivity index (χ4v) is 2.84. The summed E-state index contributed by atoms with van der Waals surface area (Å²) in [6, 6.07) is 12.0. The molecule has 0 spiro atoms. The van der Waals surface area contributed by atoms with Crippen molar-refractivity contribution in [1.82, 2.24) is 10.7 Å². The van der Waals surface area contributed by atoms with E-state index in [9.17, 15) is 18.8 Å². The standard InChI is InChI=1S/C22H23FN4O5/c23-16-5-7-17(8-6-16)26-20(28)14-32-18-9-3-15(4-10-18)12-25-27-22(30)21(29)24-13-19-2-1-11-31-19/h3-10,12,19H,1-2,11,13-14H2,(H,24,29)(H,26,28)(H,27,30)/b25-12-/t19-/m1/s1. The summed E-state index contributed by atoms with van der Waals surface area (Å²) in [5, 5.41) is 8.85. The Morgan fingerprint density at radius 2 is 1.84 bits per heavy atom. The van der Waals surface area contributed by atoms with Crippen LogP contribution in [0, 0.1) is 5.82 Å². The highest BCUT2D eigenvalue weighted by atomic mass is 19.1. The molecular weight excluding hydrogens is 419 g/mol. The van der Waals surface area contributed by atoms with Crippen molar-refractivity contribution in [1.29, 1.82) is 0 Å². The zero-order valence-corrected chi connectivity index (χ0v) is 17.2. The molecule has 1 fully saturated rings. The molecule has 1 saturated heterocycles. The maximum Gasteiger partial charge on any atom is 0.329 e. The third kappa shape index (κ3) is 7.47. The molecule has 2 aromatic carbocycles. The summed E-state index contributed by atoms with van der Waals surface area (Å²) in [6.07, 6.45) is 3.13. The van der Waals surface area contributed by atoms with Gasteiger partial charge in [-0.2, -0.15) is 5.10 Å². The molecular formula is C22H23FN4O5. The first-order valence-electron chi connectivity index (χ1n) is 10.0. The number of halogens is 1. The maximum atomic E-state index is 12.9. The molecule has 10 heteroatoms. The van der Waals surface area contributed by atoms with Gasteiger partial charge in [-0.15, -0.1) is 0 Å². The number of nitrogens with one attached hydrogen (secondary N) is 3. The number of carbonyl (C=O) groups is 3. The highest BCUT2D eigenvalue weighted by Crippen LogP contribution is 2.12. The quantitative estimate of drug-likeness (QED) is 0.326. The minimum atomic E-state index is -0.869. The second kappa shape index (κ2) is 11.6. The first-order chi connectivity index (χ1) is 15.5. The van der Waals surface area contributed by atoms with E-state index < -0.39 is 11.8 Å². The highest BCUT2D eigenvalue weighted by molar-refractivity contribution is 6.35. The molecule has 32 heavy (non-hydrogen) atoms. The predicted molar refractivity (Wildman–Crippen MR) is 115 cm³/mol. The van der Waals surface area contributed by atoms with Gasteiger partial charge in [-0.3, -0.25) is 14.4 Å². The van der Waals surface area contributed by atoms with Crippen LogP contribution < -0.4 is 20.8 Å². The van der Waals surface area contributed by atoms with Crippen molar-refractivity contribution >= 4 is 29.6 Å². The monoisotopic (exact) mass is 442 g/mol. The molecule has 3 N–H and O–H groups in total. The Morgan fingerprint density at radius 1 is 1.09 bits per heavy atom. The van der Waals surface area contributed by atoms with E-state index in [1.807, 2.05) is 0 Å². The number of amides is 3. The highest BCUT2D eigenvalue weighted by Gasteiger charge is 2.18. The van der Waals surface area contributed by atoms with Crippen molar-refractivity contribution < 1.29 is 28.2 Å². The lowest BCUT2D eigenvalue weighted by molar-refractivity contribution is -0.139. The van der Waals surface area contributed by atoms with Crippen molar-refractivity contribution in [3.63, 3.8) is 0 Å². The fraction of sp³-hybridized carbons (Fsp3) is 0.273.